The zero-order chi connectivity index (χ0) is 23.4. The van der Waals surface area contributed by atoms with Crippen LogP contribution in [-0.2, 0) is 27.8 Å². The van der Waals surface area contributed by atoms with E-state index < -0.39 is 15.4 Å². The molecule has 0 bridgehead atoms. The van der Waals surface area contributed by atoms with Gasteiger partial charge in [-0.1, -0.05) is 32.9 Å². The summed E-state index contributed by atoms with van der Waals surface area (Å²) in [6.07, 6.45) is 3.61. The van der Waals surface area contributed by atoms with Gasteiger partial charge in [0.05, 0.1) is 24.3 Å². The Morgan fingerprint density at radius 2 is 1.88 bits per heavy atom. The van der Waals surface area contributed by atoms with E-state index in [1.54, 1.807) is 12.4 Å². The first-order chi connectivity index (χ1) is 15.1. The first-order valence-corrected chi connectivity index (χ1v) is 12.8. The van der Waals surface area contributed by atoms with Gasteiger partial charge in [0, 0.05) is 34.6 Å². The van der Waals surface area contributed by atoms with E-state index in [0.717, 1.165) is 16.1 Å². The van der Waals surface area contributed by atoms with Gasteiger partial charge in [0.15, 0.2) is 9.76 Å². The zero-order valence-electron chi connectivity index (χ0n) is 19.3. The van der Waals surface area contributed by atoms with Crippen LogP contribution in [0.5, 0.6) is 0 Å². The average Bonchev–Trinajstić information content (AvgIpc) is 3.21. The number of aliphatic hydroxyl groups excluding tert-OH is 1. The third kappa shape index (κ3) is 6.55. The fraction of sp³-hybridized carbons (Fsp3) is 0.375. The third-order valence-corrected chi connectivity index (χ3v) is 7.61. The lowest BCUT2D eigenvalue weighted by Crippen LogP contribution is -2.28. The molecule has 1 amide bonds. The molecule has 170 valence electrons. The SMILES string of the molecule is CC(C)(C)[SiH2]OC(C)(C)c1ccc(CO)c(NC(=O)Cc2csc(-c3ccncc3)n2)c1. The van der Waals surface area contributed by atoms with Gasteiger partial charge < -0.3 is 14.8 Å². The van der Waals surface area contributed by atoms with Gasteiger partial charge in [-0.3, -0.25) is 9.78 Å². The Morgan fingerprint density at radius 3 is 2.53 bits per heavy atom. The molecule has 0 radical (unpaired) electrons. The quantitative estimate of drug-likeness (QED) is 0.477. The van der Waals surface area contributed by atoms with E-state index >= 15 is 0 Å². The van der Waals surface area contributed by atoms with Gasteiger partial charge in [0.2, 0.25) is 5.91 Å². The van der Waals surface area contributed by atoms with Crippen molar-refractivity contribution in [2.45, 2.75) is 58.3 Å². The summed E-state index contributed by atoms with van der Waals surface area (Å²) >= 11 is 1.50. The number of amides is 1. The highest BCUT2D eigenvalue weighted by molar-refractivity contribution is 7.13. The first kappa shape index (κ1) is 24.3. The van der Waals surface area contributed by atoms with E-state index in [2.05, 4.69) is 36.1 Å². The van der Waals surface area contributed by atoms with Crippen molar-refractivity contribution in [1.29, 1.82) is 0 Å². The van der Waals surface area contributed by atoms with Crippen LogP contribution in [0.3, 0.4) is 0 Å². The number of aromatic nitrogens is 2. The van der Waals surface area contributed by atoms with E-state index in [9.17, 15) is 9.90 Å². The minimum absolute atomic E-state index is 0.156. The molecule has 0 atom stereocenters. The predicted octanol–water partition coefficient (Wildman–Crippen LogP) is 4.43. The smallest absolute Gasteiger partial charge is 0.230 e. The van der Waals surface area contributed by atoms with Crippen molar-refractivity contribution in [2.75, 3.05) is 5.32 Å². The number of nitrogens with zero attached hydrogens (tertiary/aromatic N) is 2. The molecule has 3 rings (SSSR count). The van der Waals surface area contributed by atoms with E-state index in [1.807, 2.05) is 49.6 Å². The Bertz CT molecular complexity index is 1060. The molecule has 32 heavy (non-hydrogen) atoms. The molecule has 2 aromatic heterocycles. The molecule has 0 saturated heterocycles. The minimum Gasteiger partial charge on any atom is -0.415 e. The van der Waals surface area contributed by atoms with Crippen LogP contribution in [0.2, 0.25) is 5.04 Å². The molecule has 0 spiro atoms. The third-order valence-electron chi connectivity index (χ3n) is 4.94. The Kier molecular flexibility index (Phi) is 7.61. The number of carbonyl (C=O) groups excluding carboxylic acids is 1. The molecule has 2 N–H and O–H groups in total. The molecule has 0 aliphatic heterocycles. The van der Waals surface area contributed by atoms with Crippen molar-refractivity contribution in [3.8, 4) is 10.6 Å². The summed E-state index contributed by atoms with van der Waals surface area (Å²) < 4.78 is 6.30. The van der Waals surface area contributed by atoms with Crippen LogP contribution in [0.15, 0.2) is 48.1 Å². The summed E-state index contributed by atoms with van der Waals surface area (Å²) in [6.45, 7) is 10.5. The number of hydrogen-bond donors (Lipinski definition) is 2. The van der Waals surface area contributed by atoms with Crippen LogP contribution in [0.1, 0.15) is 51.4 Å². The fourth-order valence-electron chi connectivity index (χ4n) is 3.06. The van der Waals surface area contributed by atoms with Crippen molar-refractivity contribution in [2.24, 2.45) is 0 Å². The largest absolute Gasteiger partial charge is 0.415 e. The molecule has 2 heterocycles. The fourth-order valence-corrected chi connectivity index (χ4v) is 4.85. The number of nitrogens with one attached hydrogen (secondary N) is 1. The van der Waals surface area contributed by atoms with Crippen molar-refractivity contribution in [1.82, 2.24) is 9.97 Å². The molecule has 0 aliphatic carbocycles. The van der Waals surface area contributed by atoms with Crippen molar-refractivity contribution < 1.29 is 14.3 Å². The van der Waals surface area contributed by atoms with Gasteiger partial charge in [-0.05, 0) is 42.6 Å². The maximum absolute atomic E-state index is 12.8. The van der Waals surface area contributed by atoms with E-state index in [0.29, 0.717) is 16.9 Å². The van der Waals surface area contributed by atoms with E-state index in [4.69, 9.17) is 4.43 Å². The number of benzene rings is 1. The van der Waals surface area contributed by atoms with Crippen molar-refractivity contribution >= 4 is 32.7 Å². The molecule has 3 aromatic rings. The lowest BCUT2D eigenvalue weighted by molar-refractivity contribution is -0.115. The summed E-state index contributed by atoms with van der Waals surface area (Å²) in [5.41, 5.74) is 3.46. The van der Waals surface area contributed by atoms with Crippen LogP contribution in [-0.4, -0.2) is 30.7 Å². The number of hydrogen-bond acceptors (Lipinski definition) is 6. The second-order valence-corrected chi connectivity index (χ2v) is 13.1. The predicted molar refractivity (Wildman–Crippen MR) is 132 cm³/mol. The second kappa shape index (κ2) is 10.0. The number of aliphatic hydroxyl groups is 1. The maximum Gasteiger partial charge on any atom is 0.230 e. The molecule has 0 aliphatic rings. The monoisotopic (exact) mass is 469 g/mol. The Hall–Kier alpha value is -2.39. The van der Waals surface area contributed by atoms with Crippen LogP contribution in [0, 0.1) is 0 Å². The van der Waals surface area contributed by atoms with Crippen molar-refractivity contribution in [3.05, 3.63) is 64.9 Å². The van der Waals surface area contributed by atoms with E-state index in [-0.39, 0.29) is 24.0 Å². The molecular weight excluding hydrogens is 438 g/mol. The van der Waals surface area contributed by atoms with Gasteiger partial charge in [-0.25, -0.2) is 4.98 Å². The van der Waals surface area contributed by atoms with Crippen LogP contribution < -0.4 is 5.32 Å². The Labute approximate surface area is 196 Å². The van der Waals surface area contributed by atoms with Crippen LogP contribution in [0.4, 0.5) is 5.69 Å². The topological polar surface area (TPSA) is 84.3 Å². The van der Waals surface area contributed by atoms with Gasteiger partial charge >= 0.3 is 0 Å². The van der Waals surface area contributed by atoms with Crippen LogP contribution >= 0.6 is 11.3 Å². The summed E-state index contributed by atoms with van der Waals surface area (Å²) in [5, 5.41) is 15.7. The normalized spacial score (nSPS) is 12.4. The first-order valence-electron chi connectivity index (χ1n) is 10.6. The number of anilines is 1. The van der Waals surface area contributed by atoms with Crippen LogP contribution in [0.25, 0.3) is 10.6 Å². The van der Waals surface area contributed by atoms with Gasteiger partial charge in [0.1, 0.15) is 5.01 Å². The highest BCUT2D eigenvalue weighted by atomic mass is 32.1. The summed E-state index contributed by atoms with van der Waals surface area (Å²) in [6, 6.07) is 9.50. The molecule has 1 aromatic carbocycles. The summed E-state index contributed by atoms with van der Waals surface area (Å²) in [4.78, 5) is 21.3. The van der Waals surface area contributed by atoms with Crippen molar-refractivity contribution in [3.63, 3.8) is 0 Å². The number of rotatable bonds is 8. The zero-order valence-corrected chi connectivity index (χ0v) is 21.5. The highest BCUT2D eigenvalue weighted by Crippen LogP contribution is 2.32. The standard InChI is InChI=1S/C24H31N3O3SSi/c1-23(2,3)32-30-24(4,5)18-7-6-17(14-28)20(12-18)27-21(29)13-19-15-31-22(26-19)16-8-10-25-11-9-16/h6-12,15,28H,13-14,32H2,1-5H3,(H,27,29). The van der Waals surface area contributed by atoms with Gasteiger partial charge in [-0.2, -0.15) is 0 Å². The number of pyridine rings is 1. The number of thiazole rings is 1. The minimum atomic E-state index is -0.755. The van der Waals surface area contributed by atoms with E-state index in [1.165, 1.54) is 11.3 Å². The second-order valence-electron chi connectivity index (χ2n) is 9.49. The summed E-state index contributed by atoms with van der Waals surface area (Å²) in [5.74, 6) is -0.175. The number of carbonyl (C=O) groups is 1. The summed E-state index contributed by atoms with van der Waals surface area (Å²) in [7, 11) is -0.755. The molecule has 0 saturated carbocycles. The lowest BCUT2D eigenvalue weighted by Gasteiger charge is -2.31. The molecular formula is C24H31N3O3SSi. The van der Waals surface area contributed by atoms with Gasteiger partial charge in [0.25, 0.3) is 0 Å². The lowest BCUT2D eigenvalue weighted by atomic mass is 9.96. The van der Waals surface area contributed by atoms with Gasteiger partial charge in [-0.15, -0.1) is 11.3 Å². The Morgan fingerprint density at radius 1 is 1.16 bits per heavy atom. The Balaban J connectivity index is 1.72. The molecule has 6 nitrogen and oxygen atoms in total. The highest BCUT2D eigenvalue weighted by Gasteiger charge is 2.25. The average molecular weight is 470 g/mol. The molecule has 8 heteroatoms. The molecule has 0 unspecified atom stereocenters. The maximum atomic E-state index is 12.8. The molecule has 0 fully saturated rings.